The van der Waals surface area contributed by atoms with Gasteiger partial charge in [-0.1, -0.05) is 30.3 Å². The highest BCUT2D eigenvalue weighted by Gasteiger charge is 2.27. The summed E-state index contributed by atoms with van der Waals surface area (Å²) in [5.41, 5.74) is 0.708. The topological polar surface area (TPSA) is 136 Å². The number of phenolic OH excluding ortho intramolecular Hbond substituents is 1. The number of rotatable bonds is 8. The standard InChI is InChI=1S/C19H19N3O5S/c20-10-11-21-19(25)17(22-18(24)15-6-8-16(23)9-7-15)13-28(26,27)12-14-4-2-1-3-5-14/h1-9,17,23H,11-13H2,(H,21,25)(H,22,24)/t17-/m0/s1. The van der Waals surface area contributed by atoms with Crippen molar-refractivity contribution in [2.45, 2.75) is 11.8 Å². The quantitative estimate of drug-likeness (QED) is 0.558. The van der Waals surface area contributed by atoms with Crippen LogP contribution in [0, 0.1) is 11.3 Å². The lowest BCUT2D eigenvalue weighted by Gasteiger charge is -2.18. The van der Waals surface area contributed by atoms with Crippen molar-refractivity contribution < 1.29 is 23.1 Å². The summed E-state index contributed by atoms with van der Waals surface area (Å²) in [6, 6.07) is 14.1. The second kappa shape index (κ2) is 9.53. The number of amides is 2. The monoisotopic (exact) mass is 401 g/mol. The van der Waals surface area contributed by atoms with Crippen molar-refractivity contribution in [3.63, 3.8) is 0 Å². The molecule has 2 aromatic carbocycles. The summed E-state index contributed by atoms with van der Waals surface area (Å²) in [6.07, 6.45) is 0. The highest BCUT2D eigenvalue weighted by atomic mass is 32.2. The Kier molecular flexibility index (Phi) is 7.12. The predicted molar refractivity (Wildman–Crippen MR) is 102 cm³/mol. The largest absolute Gasteiger partial charge is 0.508 e. The van der Waals surface area contributed by atoms with E-state index in [1.165, 1.54) is 24.3 Å². The third kappa shape index (κ3) is 6.41. The summed E-state index contributed by atoms with van der Waals surface area (Å²) in [4.78, 5) is 24.6. The molecule has 1 atom stereocenters. The molecule has 0 spiro atoms. The maximum absolute atomic E-state index is 12.5. The Bertz CT molecular complexity index is 967. The van der Waals surface area contributed by atoms with Gasteiger partial charge in [0.25, 0.3) is 5.91 Å². The lowest BCUT2D eigenvalue weighted by Crippen LogP contribution is -2.50. The molecule has 0 fully saturated rings. The van der Waals surface area contributed by atoms with Crippen LogP contribution in [0.2, 0.25) is 0 Å². The Balaban J connectivity index is 2.16. The van der Waals surface area contributed by atoms with Crippen LogP contribution in [-0.2, 0) is 20.4 Å². The molecule has 0 heterocycles. The molecule has 9 heteroatoms. The van der Waals surface area contributed by atoms with Gasteiger partial charge in [0, 0.05) is 5.56 Å². The van der Waals surface area contributed by atoms with Gasteiger partial charge < -0.3 is 15.7 Å². The van der Waals surface area contributed by atoms with Crippen LogP contribution in [0.3, 0.4) is 0 Å². The first-order valence-electron chi connectivity index (χ1n) is 8.29. The van der Waals surface area contributed by atoms with Gasteiger partial charge in [-0.3, -0.25) is 9.59 Å². The summed E-state index contributed by atoms with van der Waals surface area (Å²) in [6.45, 7) is -0.316. The zero-order valence-electron chi connectivity index (χ0n) is 14.8. The van der Waals surface area contributed by atoms with Gasteiger partial charge in [0.1, 0.15) is 18.3 Å². The lowest BCUT2D eigenvalue weighted by molar-refractivity contribution is -0.122. The van der Waals surface area contributed by atoms with Crippen molar-refractivity contribution >= 4 is 21.7 Å². The van der Waals surface area contributed by atoms with Crippen LogP contribution in [0.5, 0.6) is 5.75 Å². The maximum atomic E-state index is 12.5. The molecule has 0 saturated carbocycles. The molecule has 0 aliphatic heterocycles. The second-order valence-corrected chi connectivity index (χ2v) is 8.10. The maximum Gasteiger partial charge on any atom is 0.251 e. The molecule has 0 radical (unpaired) electrons. The van der Waals surface area contributed by atoms with E-state index in [1.54, 1.807) is 36.4 Å². The van der Waals surface area contributed by atoms with Gasteiger partial charge in [0.15, 0.2) is 9.84 Å². The fourth-order valence-corrected chi connectivity index (χ4v) is 3.99. The van der Waals surface area contributed by atoms with Gasteiger partial charge in [0.2, 0.25) is 5.91 Å². The SMILES string of the molecule is N#CCNC(=O)[C@H](CS(=O)(=O)Cc1ccccc1)NC(=O)c1ccc(O)cc1. The molecule has 0 aromatic heterocycles. The number of hydrogen-bond donors (Lipinski definition) is 3. The summed E-state index contributed by atoms with van der Waals surface area (Å²) < 4.78 is 25.0. The van der Waals surface area contributed by atoms with Crippen LogP contribution in [-0.4, -0.2) is 43.7 Å². The zero-order valence-corrected chi connectivity index (χ0v) is 15.6. The molecule has 2 rings (SSSR count). The number of nitrogens with zero attached hydrogens (tertiary/aromatic N) is 1. The Labute approximate surface area is 162 Å². The fourth-order valence-electron chi connectivity index (χ4n) is 2.43. The lowest BCUT2D eigenvalue weighted by atomic mass is 10.2. The number of carbonyl (C=O) groups excluding carboxylic acids is 2. The summed E-state index contributed by atoms with van der Waals surface area (Å²) in [7, 11) is -3.74. The third-order valence-electron chi connectivity index (χ3n) is 3.74. The first-order valence-corrected chi connectivity index (χ1v) is 10.1. The number of nitrogens with one attached hydrogen (secondary N) is 2. The van der Waals surface area contributed by atoms with Crippen LogP contribution in [0.1, 0.15) is 15.9 Å². The molecular weight excluding hydrogens is 382 g/mol. The van der Waals surface area contributed by atoms with Crippen LogP contribution >= 0.6 is 0 Å². The van der Waals surface area contributed by atoms with Crippen molar-refractivity contribution in [3.8, 4) is 11.8 Å². The van der Waals surface area contributed by atoms with E-state index in [1.807, 2.05) is 0 Å². The van der Waals surface area contributed by atoms with Gasteiger partial charge in [0.05, 0.1) is 17.6 Å². The number of hydrogen-bond acceptors (Lipinski definition) is 6. The van der Waals surface area contributed by atoms with E-state index in [4.69, 9.17) is 5.26 Å². The minimum atomic E-state index is -3.74. The first kappa shape index (κ1) is 20.9. The Morgan fingerprint density at radius 2 is 1.71 bits per heavy atom. The molecule has 0 bridgehead atoms. The van der Waals surface area contributed by atoms with E-state index in [-0.39, 0.29) is 23.6 Å². The number of phenols is 1. The van der Waals surface area contributed by atoms with Crippen LogP contribution in [0.4, 0.5) is 0 Å². The zero-order chi connectivity index (χ0) is 20.6. The fraction of sp³-hybridized carbons (Fsp3) is 0.211. The molecule has 0 aliphatic rings. The number of nitriles is 1. The molecule has 0 saturated heterocycles. The van der Waals surface area contributed by atoms with Crippen LogP contribution in [0.15, 0.2) is 54.6 Å². The summed E-state index contributed by atoms with van der Waals surface area (Å²) in [5, 5.41) is 22.6. The van der Waals surface area contributed by atoms with Gasteiger partial charge in [-0.15, -0.1) is 0 Å². The molecular formula is C19H19N3O5S. The second-order valence-electron chi connectivity index (χ2n) is 5.99. The smallest absolute Gasteiger partial charge is 0.251 e. The number of benzene rings is 2. The number of carbonyl (C=O) groups is 2. The Morgan fingerprint density at radius 3 is 2.32 bits per heavy atom. The third-order valence-corrected chi connectivity index (χ3v) is 5.36. The summed E-state index contributed by atoms with van der Waals surface area (Å²) in [5.74, 6) is -2.39. The molecule has 8 nitrogen and oxygen atoms in total. The normalized spacial score (nSPS) is 11.8. The van der Waals surface area contributed by atoms with E-state index >= 15 is 0 Å². The molecule has 3 N–H and O–H groups in total. The van der Waals surface area contributed by atoms with E-state index in [9.17, 15) is 23.1 Å². The van der Waals surface area contributed by atoms with Gasteiger partial charge in [-0.05, 0) is 29.8 Å². The van der Waals surface area contributed by atoms with Crippen molar-refractivity contribution in [1.82, 2.24) is 10.6 Å². The Morgan fingerprint density at radius 1 is 1.07 bits per heavy atom. The van der Waals surface area contributed by atoms with E-state index in [0.717, 1.165) is 0 Å². The molecule has 0 aliphatic carbocycles. The number of aromatic hydroxyl groups is 1. The van der Waals surface area contributed by atoms with Crippen LogP contribution in [0.25, 0.3) is 0 Å². The van der Waals surface area contributed by atoms with Crippen molar-refractivity contribution in [3.05, 3.63) is 65.7 Å². The Hall–Kier alpha value is -3.38. The van der Waals surface area contributed by atoms with E-state index in [2.05, 4.69) is 10.6 Å². The van der Waals surface area contributed by atoms with Crippen molar-refractivity contribution in [2.75, 3.05) is 12.3 Å². The average molecular weight is 401 g/mol. The van der Waals surface area contributed by atoms with Crippen LogP contribution < -0.4 is 10.6 Å². The predicted octanol–water partition coefficient (Wildman–Crippen LogP) is 0.745. The van der Waals surface area contributed by atoms with Crippen molar-refractivity contribution in [1.29, 1.82) is 5.26 Å². The number of sulfone groups is 1. The first-order chi connectivity index (χ1) is 13.3. The summed E-state index contributed by atoms with van der Waals surface area (Å²) >= 11 is 0. The minimum absolute atomic E-state index is 0.0368. The van der Waals surface area contributed by atoms with E-state index in [0.29, 0.717) is 5.56 Å². The highest BCUT2D eigenvalue weighted by Crippen LogP contribution is 2.11. The molecule has 0 unspecified atom stereocenters. The average Bonchev–Trinajstić information content (AvgIpc) is 2.66. The van der Waals surface area contributed by atoms with Gasteiger partial charge in [-0.2, -0.15) is 5.26 Å². The molecule has 28 heavy (non-hydrogen) atoms. The van der Waals surface area contributed by atoms with Gasteiger partial charge in [-0.25, -0.2) is 8.42 Å². The minimum Gasteiger partial charge on any atom is -0.508 e. The van der Waals surface area contributed by atoms with Crippen molar-refractivity contribution in [2.24, 2.45) is 0 Å². The molecule has 2 aromatic rings. The van der Waals surface area contributed by atoms with E-state index < -0.39 is 33.4 Å². The molecule has 146 valence electrons. The van der Waals surface area contributed by atoms with Gasteiger partial charge >= 0.3 is 0 Å². The highest BCUT2D eigenvalue weighted by molar-refractivity contribution is 7.90. The molecule has 2 amide bonds.